The second kappa shape index (κ2) is 9.48. The standard InChI is InChI=1S/C19H22ClN3O3.HI/c1-19(24,13-4-2-5-14(20)10-13)12-22-18(21)23-15-6-7-16-17(11-15)26-9-3-8-25-16;/h2,4-7,10-11,24H,3,8-9,12H2,1H3,(H3,21,22,23);1H. The van der Waals surface area contributed by atoms with Crippen molar-refractivity contribution >= 4 is 47.2 Å². The molecule has 0 spiro atoms. The molecule has 0 fully saturated rings. The Labute approximate surface area is 180 Å². The molecule has 1 aliphatic rings. The van der Waals surface area contributed by atoms with Crippen LogP contribution in [0.4, 0.5) is 5.69 Å². The Bertz CT molecular complexity index is 815. The maximum absolute atomic E-state index is 10.6. The van der Waals surface area contributed by atoms with Crippen LogP contribution in [0.2, 0.25) is 5.02 Å². The predicted octanol–water partition coefficient (Wildman–Crippen LogP) is 3.75. The Morgan fingerprint density at radius 1 is 1.22 bits per heavy atom. The number of halogens is 2. The molecule has 8 heteroatoms. The van der Waals surface area contributed by atoms with Crippen molar-refractivity contribution in [2.24, 2.45) is 10.7 Å². The Kier molecular flexibility index (Phi) is 7.58. The number of nitrogens with two attached hydrogens (primary N) is 1. The summed E-state index contributed by atoms with van der Waals surface area (Å²) in [7, 11) is 0. The van der Waals surface area contributed by atoms with E-state index in [0.29, 0.717) is 35.3 Å². The normalized spacial score (nSPS) is 15.9. The third-order valence-corrected chi connectivity index (χ3v) is 4.26. The highest BCUT2D eigenvalue weighted by Gasteiger charge is 2.23. The molecule has 0 saturated carbocycles. The third kappa shape index (κ3) is 5.88. The lowest BCUT2D eigenvalue weighted by atomic mass is 9.96. The molecular weight excluding hydrogens is 481 g/mol. The summed E-state index contributed by atoms with van der Waals surface area (Å²) in [5.41, 5.74) is 6.19. The lowest BCUT2D eigenvalue weighted by Crippen LogP contribution is -2.29. The van der Waals surface area contributed by atoms with E-state index in [4.69, 9.17) is 26.8 Å². The maximum Gasteiger partial charge on any atom is 0.193 e. The van der Waals surface area contributed by atoms with Gasteiger partial charge in [-0.1, -0.05) is 23.7 Å². The molecule has 27 heavy (non-hydrogen) atoms. The number of aliphatic imine (C=N–C) groups is 1. The number of nitrogens with one attached hydrogen (secondary N) is 1. The molecule has 0 radical (unpaired) electrons. The molecule has 1 aliphatic heterocycles. The molecule has 0 saturated heterocycles. The molecule has 0 aromatic heterocycles. The zero-order valence-electron chi connectivity index (χ0n) is 14.9. The average Bonchev–Trinajstić information content (AvgIpc) is 2.85. The van der Waals surface area contributed by atoms with Gasteiger partial charge < -0.3 is 25.6 Å². The highest BCUT2D eigenvalue weighted by molar-refractivity contribution is 14.0. The summed E-state index contributed by atoms with van der Waals surface area (Å²) in [5, 5.41) is 14.2. The topological polar surface area (TPSA) is 89.1 Å². The van der Waals surface area contributed by atoms with Crippen LogP contribution in [0.5, 0.6) is 11.5 Å². The first-order valence-electron chi connectivity index (χ1n) is 8.39. The quantitative estimate of drug-likeness (QED) is 0.336. The van der Waals surface area contributed by atoms with Gasteiger partial charge in [0.25, 0.3) is 0 Å². The zero-order chi connectivity index (χ0) is 18.6. The number of ether oxygens (including phenoxy) is 2. The highest BCUT2D eigenvalue weighted by atomic mass is 127. The van der Waals surface area contributed by atoms with Gasteiger partial charge in [-0.25, -0.2) is 4.99 Å². The molecule has 0 aliphatic carbocycles. The van der Waals surface area contributed by atoms with Gasteiger partial charge in [0.05, 0.1) is 19.8 Å². The zero-order valence-corrected chi connectivity index (χ0v) is 18.0. The number of aliphatic hydroxyl groups is 1. The van der Waals surface area contributed by atoms with E-state index < -0.39 is 5.60 Å². The number of fused-ring (bicyclic) bond motifs is 1. The van der Waals surface area contributed by atoms with E-state index in [9.17, 15) is 5.11 Å². The van der Waals surface area contributed by atoms with E-state index in [1.54, 1.807) is 31.2 Å². The minimum Gasteiger partial charge on any atom is -0.490 e. The second-order valence-corrected chi connectivity index (χ2v) is 6.76. The molecule has 4 N–H and O–H groups in total. The van der Waals surface area contributed by atoms with Gasteiger partial charge in [-0.2, -0.15) is 0 Å². The van der Waals surface area contributed by atoms with Gasteiger partial charge in [-0.15, -0.1) is 24.0 Å². The van der Waals surface area contributed by atoms with Crippen molar-refractivity contribution in [2.45, 2.75) is 18.9 Å². The van der Waals surface area contributed by atoms with Crippen LogP contribution in [0.1, 0.15) is 18.9 Å². The number of benzene rings is 2. The first kappa shape index (κ1) is 21.6. The van der Waals surface area contributed by atoms with E-state index in [1.165, 1.54) is 0 Å². The molecule has 0 amide bonds. The van der Waals surface area contributed by atoms with E-state index in [0.717, 1.165) is 12.1 Å². The van der Waals surface area contributed by atoms with Crippen molar-refractivity contribution in [3.05, 3.63) is 53.1 Å². The van der Waals surface area contributed by atoms with Gasteiger partial charge in [0.15, 0.2) is 17.5 Å². The molecule has 2 aromatic rings. The SMILES string of the molecule is CC(O)(CN=C(N)Nc1ccc2c(c1)OCCCO2)c1cccc(Cl)c1.I. The summed E-state index contributed by atoms with van der Waals surface area (Å²) >= 11 is 5.98. The molecular formula is C19H23ClIN3O3. The van der Waals surface area contributed by atoms with E-state index in [2.05, 4.69) is 10.3 Å². The number of anilines is 1. The van der Waals surface area contributed by atoms with Crippen LogP contribution in [0.25, 0.3) is 0 Å². The Balaban J connectivity index is 0.00000261. The average molecular weight is 504 g/mol. The van der Waals surface area contributed by atoms with Crippen molar-refractivity contribution < 1.29 is 14.6 Å². The van der Waals surface area contributed by atoms with Crippen molar-refractivity contribution in [3.63, 3.8) is 0 Å². The van der Waals surface area contributed by atoms with Crippen LogP contribution >= 0.6 is 35.6 Å². The third-order valence-electron chi connectivity index (χ3n) is 4.02. The van der Waals surface area contributed by atoms with Gasteiger partial charge in [0.1, 0.15) is 5.60 Å². The lowest BCUT2D eigenvalue weighted by molar-refractivity contribution is 0.0674. The molecule has 0 bridgehead atoms. The number of hydrogen-bond acceptors (Lipinski definition) is 4. The second-order valence-electron chi connectivity index (χ2n) is 6.32. The maximum atomic E-state index is 10.6. The Morgan fingerprint density at radius 2 is 1.96 bits per heavy atom. The minimum atomic E-state index is -1.18. The summed E-state index contributed by atoms with van der Waals surface area (Å²) in [4.78, 5) is 4.25. The highest BCUT2D eigenvalue weighted by Crippen LogP contribution is 2.32. The van der Waals surface area contributed by atoms with Crippen LogP contribution < -0.4 is 20.5 Å². The van der Waals surface area contributed by atoms with Crippen LogP contribution in [0, 0.1) is 0 Å². The first-order chi connectivity index (χ1) is 12.4. The largest absolute Gasteiger partial charge is 0.490 e. The molecule has 6 nitrogen and oxygen atoms in total. The molecule has 3 rings (SSSR count). The van der Waals surface area contributed by atoms with Crippen molar-refractivity contribution in [2.75, 3.05) is 25.1 Å². The van der Waals surface area contributed by atoms with Crippen LogP contribution in [0.15, 0.2) is 47.5 Å². The van der Waals surface area contributed by atoms with Gasteiger partial charge in [0, 0.05) is 23.2 Å². The fourth-order valence-corrected chi connectivity index (χ4v) is 2.77. The van der Waals surface area contributed by atoms with Gasteiger partial charge >= 0.3 is 0 Å². The monoisotopic (exact) mass is 503 g/mol. The van der Waals surface area contributed by atoms with Crippen molar-refractivity contribution in [3.8, 4) is 11.5 Å². The number of hydrogen-bond donors (Lipinski definition) is 3. The number of guanidine groups is 1. The van der Waals surface area contributed by atoms with E-state index in [-0.39, 0.29) is 36.5 Å². The van der Waals surface area contributed by atoms with Crippen molar-refractivity contribution in [1.29, 1.82) is 0 Å². The predicted molar refractivity (Wildman–Crippen MR) is 119 cm³/mol. The Hall–Kier alpha value is -1.71. The summed E-state index contributed by atoms with van der Waals surface area (Å²) in [6.45, 7) is 3.02. The van der Waals surface area contributed by atoms with E-state index in [1.807, 2.05) is 18.2 Å². The van der Waals surface area contributed by atoms with Gasteiger partial charge in [0.2, 0.25) is 0 Å². The van der Waals surface area contributed by atoms with Gasteiger partial charge in [-0.3, -0.25) is 0 Å². The van der Waals surface area contributed by atoms with Gasteiger partial charge in [-0.05, 0) is 36.8 Å². The summed E-state index contributed by atoms with van der Waals surface area (Å²) in [6, 6.07) is 12.5. The van der Waals surface area contributed by atoms with E-state index >= 15 is 0 Å². The minimum absolute atomic E-state index is 0. The summed E-state index contributed by atoms with van der Waals surface area (Å²) in [6.07, 6.45) is 0.847. The number of nitrogens with zero attached hydrogens (tertiary/aromatic N) is 1. The fourth-order valence-electron chi connectivity index (χ4n) is 2.58. The Morgan fingerprint density at radius 3 is 2.70 bits per heavy atom. The smallest absolute Gasteiger partial charge is 0.193 e. The lowest BCUT2D eigenvalue weighted by Gasteiger charge is -2.22. The van der Waals surface area contributed by atoms with Crippen molar-refractivity contribution in [1.82, 2.24) is 0 Å². The van der Waals surface area contributed by atoms with Crippen LogP contribution in [-0.2, 0) is 5.60 Å². The first-order valence-corrected chi connectivity index (χ1v) is 8.77. The molecule has 1 unspecified atom stereocenters. The molecule has 146 valence electrons. The van der Waals surface area contributed by atoms with Crippen LogP contribution in [0.3, 0.4) is 0 Å². The number of rotatable bonds is 4. The molecule has 1 atom stereocenters. The molecule has 1 heterocycles. The fraction of sp³-hybridized carbons (Fsp3) is 0.316. The summed E-state index contributed by atoms with van der Waals surface area (Å²) in [5.74, 6) is 1.58. The molecule has 2 aromatic carbocycles. The van der Waals surface area contributed by atoms with Crippen LogP contribution in [-0.4, -0.2) is 30.8 Å². The summed E-state index contributed by atoms with van der Waals surface area (Å²) < 4.78 is 11.3.